The lowest BCUT2D eigenvalue weighted by Gasteiger charge is -2.28. The number of hydrogen-bond donors (Lipinski definition) is 1. The van der Waals surface area contributed by atoms with Crippen LogP contribution in [0.4, 0.5) is 0 Å². The Bertz CT molecular complexity index is 942. The summed E-state index contributed by atoms with van der Waals surface area (Å²) in [5.41, 5.74) is 0. The van der Waals surface area contributed by atoms with Gasteiger partial charge in [-0.25, -0.2) is 9.97 Å². The zero-order chi connectivity index (χ0) is 27.1. The van der Waals surface area contributed by atoms with Gasteiger partial charge >= 0.3 is 0 Å². The van der Waals surface area contributed by atoms with Crippen molar-refractivity contribution < 1.29 is 23.2 Å². The first-order valence-electron chi connectivity index (χ1n) is 13.1. The fraction of sp³-hybridized carbons (Fsp3) is 0.760. The van der Waals surface area contributed by atoms with Crippen molar-refractivity contribution in [3.8, 4) is 0 Å². The van der Waals surface area contributed by atoms with Crippen molar-refractivity contribution in [2.24, 2.45) is 0 Å². The van der Waals surface area contributed by atoms with Crippen LogP contribution in [0.3, 0.4) is 0 Å². The molecule has 1 saturated heterocycles. The molecule has 2 aromatic rings. The van der Waals surface area contributed by atoms with Crippen molar-refractivity contribution in [2.45, 2.75) is 102 Å². The van der Waals surface area contributed by atoms with E-state index in [0.29, 0.717) is 32.3 Å². The molecular formula is C25H43BrN4O5SSi. The summed E-state index contributed by atoms with van der Waals surface area (Å²) >= 11 is 2.38. The second kappa shape index (κ2) is 13.6. The quantitative estimate of drug-likeness (QED) is 0.150. The van der Waals surface area contributed by atoms with Gasteiger partial charge in [0.2, 0.25) is 5.79 Å². The summed E-state index contributed by atoms with van der Waals surface area (Å²) in [5.74, 6) is 0.422. The van der Waals surface area contributed by atoms with Crippen molar-refractivity contribution in [2.75, 3.05) is 19.8 Å². The molecule has 0 aromatic carbocycles. The van der Waals surface area contributed by atoms with E-state index in [9.17, 15) is 4.55 Å². The molecule has 0 aliphatic carbocycles. The molecule has 1 aliphatic heterocycles. The van der Waals surface area contributed by atoms with E-state index in [1.54, 1.807) is 18.7 Å². The van der Waals surface area contributed by atoms with Gasteiger partial charge in [0.1, 0.15) is 34.2 Å². The molecule has 2 atom stereocenters. The minimum atomic E-state index is -1.24. The van der Waals surface area contributed by atoms with Gasteiger partial charge in [0.05, 0.1) is 25.6 Å². The highest BCUT2D eigenvalue weighted by atomic mass is 79.9. The molecule has 3 rings (SSSR count). The van der Waals surface area contributed by atoms with Crippen LogP contribution in [0.25, 0.3) is 0 Å². The van der Waals surface area contributed by atoms with Gasteiger partial charge in [-0.1, -0.05) is 32.5 Å². The summed E-state index contributed by atoms with van der Waals surface area (Å²) in [4.78, 5) is 8.94. The summed E-state index contributed by atoms with van der Waals surface area (Å²) < 4.78 is 42.2. The Morgan fingerprint density at radius 1 is 1.22 bits per heavy atom. The lowest BCUT2D eigenvalue weighted by atomic mass is 10.0. The van der Waals surface area contributed by atoms with Crippen LogP contribution >= 0.6 is 15.9 Å². The van der Waals surface area contributed by atoms with Gasteiger partial charge in [-0.05, 0) is 55.6 Å². The van der Waals surface area contributed by atoms with E-state index in [4.69, 9.17) is 18.6 Å². The third-order valence-corrected chi connectivity index (χ3v) is 10.1. The molecule has 0 bridgehead atoms. The largest absolute Gasteiger partial charge is 0.598 e. The first-order valence-corrected chi connectivity index (χ1v) is 18.7. The van der Waals surface area contributed by atoms with Crippen molar-refractivity contribution in [3.05, 3.63) is 35.0 Å². The Hall–Kier alpha value is -0.733. The normalized spacial score (nSPS) is 17.8. The van der Waals surface area contributed by atoms with E-state index < -0.39 is 25.2 Å². The second-order valence-electron chi connectivity index (χ2n) is 11.7. The number of rotatable bonds is 15. The number of ether oxygens (including phenoxy) is 3. The van der Waals surface area contributed by atoms with Gasteiger partial charge in [-0.3, -0.25) is 4.57 Å². The van der Waals surface area contributed by atoms with E-state index in [1.807, 2.05) is 25.3 Å². The second-order valence-corrected chi connectivity index (χ2v) is 20.1. The number of nitrogens with zero attached hydrogens (tertiary/aromatic N) is 3. The highest BCUT2D eigenvalue weighted by Gasteiger charge is 2.42. The average molecular weight is 620 g/mol. The molecule has 0 unspecified atom stereocenters. The highest BCUT2D eigenvalue weighted by molar-refractivity contribution is 9.10. The topological polar surface area (TPSA) is 107 Å². The van der Waals surface area contributed by atoms with Crippen LogP contribution < -0.4 is 4.72 Å². The van der Waals surface area contributed by atoms with Gasteiger partial charge in [0.25, 0.3) is 5.89 Å². The van der Waals surface area contributed by atoms with Gasteiger partial charge in [0.15, 0.2) is 0 Å². The predicted molar refractivity (Wildman–Crippen MR) is 151 cm³/mol. The molecule has 9 nitrogen and oxygen atoms in total. The summed E-state index contributed by atoms with van der Waals surface area (Å²) in [6.45, 7) is 15.1. The molecule has 2 aromatic heterocycles. The maximum absolute atomic E-state index is 13.0. The molecular weight excluding hydrogens is 576 g/mol. The van der Waals surface area contributed by atoms with E-state index in [0.717, 1.165) is 48.8 Å². The SMILES string of the molecule is CC(C)(C)[S@@+]([O-])N[C@H](CCCCCC1(c2ncco2)OCCO1)c1ncc(Br)n1COCC[Si](C)(C)C. The number of nitrogens with one attached hydrogen (secondary N) is 1. The maximum Gasteiger partial charge on any atom is 0.255 e. The van der Waals surface area contributed by atoms with Gasteiger partial charge in [-0.2, -0.15) is 0 Å². The van der Waals surface area contributed by atoms with E-state index >= 15 is 0 Å². The Kier molecular flexibility index (Phi) is 11.3. The van der Waals surface area contributed by atoms with Gasteiger partial charge in [-0.15, -0.1) is 4.72 Å². The third-order valence-electron chi connectivity index (χ3n) is 6.18. The molecule has 0 radical (unpaired) electrons. The molecule has 1 N–H and O–H groups in total. The first-order chi connectivity index (χ1) is 17.4. The molecule has 0 saturated carbocycles. The Morgan fingerprint density at radius 2 is 1.95 bits per heavy atom. The van der Waals surface area contributed by atoms with Crippen molar-refractivity contribution in [1.29, 1.82) is 0 Å². The number of oxazole rings is 1. The van der Waals surface area contributed by atoms with E-state index in [2.05, 4.69) is 50.3 Å². The molecule has 1 aliphatic rings. The lowest BCUT2D eigenvalue weighted by Crippen LogP contribution is -2.42. The lowest BCUT2D eigenvalue weighted by molar-refractivity contribution is -0.187. The van der Waals surface area contributed by atoms with Crippen molar-refractivity contribution in [1.82, 2.24) is 19.3 Å². The van der Waals surface area contributed by atoms with E-state index in [-0.39, 0.29) is 10.8 Å². The van der Waals surface area contributed by atoms with Gasteiger partial charge < -0.3 is 23.2 Å². The standard InChI is InChI=1S/C25H43BrN4O5SSi/c1-24(2,3)36(31)29-20(22-28-18-21(26)30(22)19-32-16-17-37(4,5)6)10-8-7-9-11-25(34-14-15-35-25)23-27-12-13-33-23/h12-13,18,20,29H,7-11,14-17,19H2,1-6H3/t20-,36-/m1/s1. The minimum Gasteiger partial charge on any atom is -0.598 e. The number of unbranched alkanes of at least 4 members (excludes halogenated alkanes) is 2. The third kappa shape index (κ3) is 9.16. The molecule has 12 heteroatoms. The van der Waals surface area contributed by atoms with Crippen LogP contribution in [-0.4, -0.2) is 51.7 Å². The minimum absolute atomic E-state index is 0.174. The van der Waals surface area contributed by atoms with Crippen LogP contribution in [0.5, 0.6) is 0 Å². The summed E-state index contributed by atoms with van der Waals surface area (Å²) in [7, 11) is -1.17. The smallest absolute Gasteiger partial charge is 0.255 e. The Labute approximate surface area is 233 Å². The average Bonchev–Trinajstić information content (AvgIpc) is 3.56. The number of aromatic nitrogens is 3. The van der Waals surface area contributed by atoms with Crippen LogP contribution in [-0.2, 0) is 38.1 Å². The fourth-order valence-corrected chi connectivity index (χ4v) is 5.96. The number of imidazole rings is 1. The molecule has 37 heavy (non-hydrogen) atoms. The van der Waals surface area contributed by atoms with Crippen LogP contribution in [0.1, 0.15) is 70.6 Å². The van der Waals surface area contributed by atoms with Crippen molar-refractivity contribution in [3.63, 3.8) is 0 Å². The number of halogens is 1. The van der Waals surface area contributed by atoms with Crippen LogP contribution in [0.2, 0.25) is 25.7 Å². The Balaban J connectivity index is 1.61. The zero-order valence-electron chi connectivity index (χ0n) is 23.0. The monoisotopic (exact) mass is 618 g/mol. The Morgan fingerprint density at radius 3 is 2.57 bits per heavy atom. The number of hydrogen-bond acceptors (Lipinski definition) is 8. The van der Waals surface area contributed by atoms with Crippen molar-refractivity contribution >= 4 is 35.4 Å². The summed E-state index contributed by atoms with van der Waals surface area (Å²) in [5, 5.41) is 0. The fourth-order valence-electron chi connectivity index (χ4n) is 3.98. The molecule has 3 heterocycles. The maximum atomic E-state index is 13.0. The first kappa shape index (κ1) is 30.8. The molecule has 0 spiro atoms. The van der Waals surface area contributed by atoms with Gasteiger partial charge in [0, 0.05) is 32.5 Å². The zero-order valence-corrected chi connectivity index (χ0v) is 26.5. The highest BCUT2D eigenvalue weighted by Crippen LogP contribution is 2.36. The van der Waals surface area contributed by atoms with Crippen LogP contribution in [0.15, 0.2) is 27.7 Å². The molecule has 210 valence electrons. The summed E-state index contributed by atoms with van der Waals surface area (Å²) in [6.07, 6.45) is 9.16. The predicted octanol–water partition coefficient (Wildman–Crippen LogP) is 5.89. The summed E-state index contributed by atoms with van der Waals surface area (Å²) in [6, 6.07) is 0.930. The molecule has 1 fully saturated rings. The van der Waals surface area contributed by atoms with E-state index in [1.165, 1.54) is 0 Å². The van der Waals surface area contributed by atoms with Crippen LogP contribution in [0, 0.1) is 0 Å². The molecule has 0 amide bonds.